The van der Waals surface area contributed by atoms with Crippen LogP contribution in [0, 0.1) is 11.8 Å². The van der Waals surface area contributed by atoms with E-state index in [9.17, 15) is 15.0 Å². The van der Waals surface area contributed by atoms with Crippen LogP contribution in [0.2, 0.25) is 0 Å². The second-order valence-corrected chi connectivity index (χ2v) is 10.8. The monoisotopic (exact) mass is 473 g/mol. The number of carbonyl (C=O) groups excluding carboxylic acids is 1. The Morgan fingerprint density at radius 2 is 1.86 bits per heavy atom. The Bertz CT molecular complexity index is 1240. The van der Waals surface area contributed by atoms with Crippen LogP contribution in [0.25, 0.3) is 10.9 Å². The van der Waals surface area contributed by atoms with Crippen LogP contribution in [-0.2, 0) is 0 Å². The molecule has 0 spiro atoms. The van der Waals surface area contributed by atoms with Gasteiger partial charge < -0.3 is 20.8 Å². The molecule has 182 valence electrons. The molecule has 0 aliphatic heterocycles. The molecule has 4 bridgehead atoms. The number of benzene rings is 2. The molecule has 3 aromatic rings. The number of carbonyl (C=O) groups is 1. The summed E-state index contributed by atoms with van der Waals surface area (Å²) in [4.78, 5) is 21.8. The van der Waals surface area contributed by atoms with Crippen molar-refractivity contribution in [3.63, 3.8) is 0 Å². The Hall–Kier alpha value is -3.23. The molecule has 1 heterocycles. The number of hydrogen-bond acceptors (Lipinski definition) is 6. The molecule has 2 amide bonds. The van der Waals surface area contributed by atoms with E-state index in [1.54, 1.807) is 6.20 Å². The molecule has 7 rings (SSSR count). The molecule has 2 aromatic carbocycles. The number of aliphatic hydroxyl groups is 2. The topological polar surface area (TPSA) is 119 Å². The van der Waals surface area contributed by atoms with Crippen molar-refractivity contribution < 1.29 is 15.0 Å². The van der Waals surface area contributed by atoms with Gasteiger partial charge >= 0.3 is 6.03 Å². The Morgan fingerprint density at radius 3 is 2.57 bits per heavy atom. The van der Waals surface area contributed by atoms with E-state index in [0.29, 0.717) is 23.8 Å². The minimum absolute atomic E-state index is 0.0443. The first-order valence-electron chi connectivity index (χ1n) is 12.4. The molecule has 3 atom stereocenters. The molecule has 8 heteroatoms. The molecule has 4 aliphatic rings. The van der Waals surface area contributed by atoms with Crippen molar-refractivity contribution in [3.8, 4) is 0 Å². The van der Waals surface area contributed by atoms with E-state index < -0.39 is 5.60 Å². The summed E-state index contributed by atoms with van der Waals surface area (Å²) in [7, 11) is 0. The zero-order chi connectivity index (χ0) is 24.0. The van der Waals surface area contributed by atoms with E-state index in [-0.39, 0.29) is 30.2 Å². The van der Waals surface area contributed by atoms with Crippen LogP contribution in [-0.4, -0.2) is 44.0 Å². The van der Waals surface area contributed by atoms with Crippen molar-refractivity contribution in [2.45, 2.75) is 55.7 Å². The van der Waals surface area contributed by atoms with Gasteiger partial charge in [-0.05, 0) is 74.1 Å². The Labute approximate surface area is 204 Å². The Kier molecular flexibility index (Phi) is 5.38. The largest absolute Gasteiger partial charge is 0.394 e. The minimum atomic E-state index is -0.633. The molecule has 35 heavy (non-hydrogen) atoms. The number of aromatic nitrogens is 2. The lowest BCUT2D eigenvalue weighted by molar-refractivity contribution is -0.138. The van der Waals surface area contributed by atoms with Gasteiger partial charge in [0.2, 0.25) is 5.95 Å². The number of nitrogens with one attached hydrogen (secondary N) is 3. The molecular formula is C27H31N5O3. The van der Waals surface area contributed by atoms with Crippen molar-refractivity contribution >= 4 is 28.6 Å². The molecule has 4 fully saturated rings. The molecule has 0 saturated heterocycles. The van der Waals surface area contributed by atoms with Gasteiger partial charge in [0.25, 0.3) is 0 Å². The molecule has 8 nitrogen and oxygen atoms in total. The molecule has 1 aromatic heterocycles. The van der Waals surface area contributed by atoms with E-state index in [4.69, 9.17) is 0 Å². The summed E-state index contributed by atoms with van der Waals surface area (Å²) in [5.41, 5.74) is 1.52. The van der Waals surface area contributed by atoms with Gasteiger partial charge in [0.05, 0.1) is 23.8 Å². The van der Waals surface area contributed by atoms with E-state index in [0.717, 1.165) is 42.3 Å². The molecular weight excluding hydrogens is 442 g/mol. The highest BCUT2D eigenvalue weighted by Crippen LogP contribution is 2.57. The SMILES string of the molecule is O=C(Nc1ncc2ccc(NC(CO)c3ccccc3)cc2n1)NC12CC3CC(CC(O)(C3)C1)C2. The minimum Gasteiger partial charge on any atom is -0.394 e. The van der Waals surface area contributed by atoms with Gasteiger partial charge in [-0.3, -0.25) is 5.32 Å². The summed E-state index contributed by atoms with van der Waals surface area (Å²) in [6.07, 6.45) is 7.07. The van der Waals surface area contributed by atoms with E-state index >= 15 is 0 Å². The molecule has 0 radical (unpaired) electrons. The standard InChI is InChI=1S/C27H31N5O3/c33-15-23(19-4-2-1-3-5-19)29-21-7-6-20-14-28-24(30-22(20)9-21)31-25(34)32-26-10-17-8-18(11-26)13-27(35,12-17)16-26/h1-7,9,14,17-18,23,29,33,35H,8,10-13,15-16H2,(H2,28,30,31,32,34). The number of nitrogens with zero attached hydrogens (tertiary/aromatic N) is 2. The molecule has 4 aliphatic carbocycles. The van der Waals surface area contributed by atoms with Crippen molar-refractivity contribution in [2.24, 2.45) is 11.8 Å². The van der Waals surface area contributed by atoms with Crippen LogP contribution in [0.15, 0.2) is 54.7 Å². The van der Waals surface area contributed by atoms with Crippen molar-refractivity contribution in [2.75, 3.05) is 17.2 Å². The molecule has 3 unspecified atom stereocenters. The predicted molar refractivity (Wildman–Crippen MR) is 134 cm³/mol. The third-order valence-corrected chi connectivity index (χ3v) is 7.94. The van der Waals surface area contributed by atoms with Gasteiger partial charge in [-0.25, -0.2) is 14.8 Å². The van der Waals surface area contributed by atoms with Crippen molar-refractivity contribution in [1.82, 2.24) is 15.3 Å². The molecule has 4 saturated carbocycles. The third kappa shape index (κ3) is 4.44. The Balaban J connectivity index is 1.16. The maximum absolute atomic E-state index is 12.9. The van der Waals surface area contributed by atoms with E-state index in [2.05, 4.69) is 25.9 Å². The summed E-state index contributed by atoms with van der Waals surface area (Å²) in [5, 5.41) is 31.0. The van der Waals surface area contributed by atoms with E-state index in [1.807, 2.05) is 48.5 Å². The zero-order valence-corrected chi connectivity index (χ0v) is 19.6. The maximum atomic E-state index is 12.9. The van der Waals surface area contributed by atoms with Gasteiger partial charge in [0.15, 0.2) is 0 Å². The summed E-state index contributed by atoms with van der Waals surface area (Å²) in [6, 6.07) is 14.9. The van der Waals surface area contributed by atoms with Crippen molar-refractivity contribution in [1.29, 1.82) is 0 Å². The van der Waals surface area contributed by atoms with Gasteiger partial charge in [-0.15, -0.1) is 0 Å². The van der Waals surface area contributed by atoms with Gasteiger partial charge in [-0.1, -0.05) is 30.3 Å². The molecule has 5 N–H and O–H groups in total. The van der Waals surface area contributed by atoms with Crippen LogP contribution >= 0.6 is 0 Å². The summed E-state index contributed by atoms with van der Waals surface area (Å²) in [5.74, 6) is 1.21. The summed E-state index contributed by atoms with van der Waals surface area (Å²) < 4.78 is 0. The predicted octanol–water partition coefficient (Wildman–Crippen LogP) is 3.98. The highest BCUT2D eigenvalue weighted by Gasteiger charge is 2.57. The van der Waals surface area contributed by atoms with Crippen LogP contribution in [0.5, 0.6) is 0 Å². The van der Waals surface area contributed by atoms with Gasteiger partial charge in [0, 0.05) is 22.8 Å². The van der Waals surface area contributed by atoms with Crippen LogP contribution < -0.4 is 16.0 Å². The summed E-state index contributed by atoms with van der Waals surface area (Å²) >= 11 is 0. The van der Waals surface area contributed by atoms with Crippen LogP contribution in [0.1, 0.15) is 50.1 Å². The number of amides is 2. The fourth-order valence-electron chi connectivity index (χ4n) is 7.03. The number of anilines is 2. The number of urea groups is 1. The van der Waals surface area contributed by atoms with Crippen molar-refractivity contribution in [3.05, 3.63) is 60.3 Å². The van der Waals surface area contributed by atoms with Crippen LogP contribution in [0.4, 0.5) is 16.4 Å². The highest BCUT2D eigenvalue weighted by molar-refractivity contribution is 5.90. The smallest absolute Gasteiger partial charge is 0.322 e. The average Bonchev–Trinajstić information content (AvgIpc) is 2.81. The first-order valence-corrected chi connectivity index (χ1v) is 12.4. The normalized spacial score (nSPS) is 29.7. The first-order chi connectivity index (χ1) is 16.9. The van der Waals surface area contributed by atoms with Crippen LogP contribution in [0.3, 0.4) is 0 Å². The fourth-order valence-corrected chi connectivity index (χ4v) is 7.03. The fraction of sp³-hybridized carbons (Fsp3) is 0.444. The second-order valence-electron chi connectivity index (χ2n) is 10.8. The number of fused-ring (bicyclic) bond motifs is 1. The Morgan fingerprint density at radius 1 is 1.09 bits per heavy atom. The maximum Gasteiger partial charge on any atom is 0.322 e. The third-order valence-electron chi connectivity index (χ3n) is 7.94. The number of rotatable bonds is 6. The van der Waals surface area contributed by atoms with E-state index in [1.165, 1.54) is 6.42 Å². The number of hydrogen-bond donors (Lipinski definition) is 5. The lowest BCUT2D eigenvalue weighted by Crippen LogP contribution is -2.65. The second kappa shape index (κ2) is 8.46. The highest BCUT2D eigenvalue weighted by atomic mass is 16.3. The van der Waals surface area contributed by atoms with Gasteiger partial charge in [-0.2, -0.15) is 0 Å². The number of aliphatic hydroxyl groups excluding tert-OH is 1. The lowest BCUT2D eigenvalue weighted by atomic mass is 9.51. The average molecular weight is 474 g/mol. The summed E-state index contributed by atoms with van der Waals surface area (Å²) in [6.45, 7) is -0.0443. The quantitative estimate of drug-likeness (QED) is 0.369. The lowest BCUT2D eigenvalue weighted by Gasteiger charge is -2.60. The first kappa shape index (κ1) is 22.2. The van der Waals surface area contributed by atoms with Gasteiger partial charge in [0.1, 0.15) is 0 Å². The zero-order valence-electron chi connectivity index (χ0n) is 19.6.